The van der Waals surface area contributed by atoms with Crippen molar-refractivity contribution in [2.45, 2.75) is 77.4 Å². The predicted molar refractivity (Wildman–Crippen MR) is 147 cm³/mol. The molecule has 206 valence electrons. The predicted octanol–water partition coefficient (Wildman–Crippen LogP) is 4.94. The molecule has 2 fully saturated rings. The highest BCUT2D eigenvalue weighted by Gasteiger charge is 2.37. The second-order valence-electron chi connectivity index (χ2n) is 10.9. The Bertz CT molecular complexity index is 1350. The Labute approximate surface area is 223 Å². The van der Waals surface area contributed by atoms with Gasteiger partial charge in [-0.05, 0) is 76.3 Å². The van der Waals surface area contributed by atoms with Gasteiger partial charge in [-0.25, -0.2) is 9.07 Å². The quantitative estimate of drug-likeness (QED) is 0.454. The molecule has 0 spiro atoms. The number of ether oxygens (including phenoxy) is 2. The van der Waals surface area contributed by atoms with Gasteiger partial charge in [-0.3, -0.25) is 9.69 Å². The number of benzene rings is 1. The van der Waals surface area contributed by atoms with Gasteiger partial charge < -0.3 is 18.9 Å². The van der Waals surface area contributed by atoms with Crippen LogP contribution in [-0.4, -0.2) is 58.1 Å². The summed E-state index contributed by atoms with van der Waals surface area (Å²) in [4.78, 5) is 17.5. The van der Waals surface area contributed by atoms with Crippen molar-refractivity contribution in [3.05, 3.63) is 57.6 Å². The minimum Gasteiger partial charge on any atom is -0.377 e. The lowest BCUT2D eigenvalue weighted by Gasteiger charge is -2.48. The molecule has 0 saturated carbocycles. The molecule has 2 saturated heterocycles. The number of aryl methyl sites for hydroxylation is 1. The van der Waals surface area contributed by atoms with Crippen LogP contribution < -0.4 is 10.5 Å². The molecule has 0 amide bonds. The van der Waals surface area contributed by atoms with Crippen LogP contribution in [0.4, 0.5) is 10.2 Å². The minimum atomic E-state index is -0.248. The van der Waals surface area contributed by atoms with Crippen LogP contribution in [-0.2, 0) is 16.5 Å². The zero-order valence-corrected chi connectivity index (χ0v) is 23.4. The summed E-state index contributed by atoms with van der Waals surface area (Å²) in [6, 6.07) is 8.86. The van der Waals surface area contributed by atoms with Crippen molar-refractivity contribution in [1.29, 1.82) is 0 Å². The number of nitrogens with zero attached hydrogens (tertiary/aromatic N) is 5. The van der Waals surface area contributed by atoms with Crippen molar-refractivity contribution in [3.8, 4) is 0 Å². The van der Waals surface area contributed by atoms with E-state index in [0.29, 0.717) is 0 Å². The molecule has 1 aromatic carbocycles. The van der Waals surface area contributed by atoms with Gasteiger partial charge >= 0.3 is 0 Å². The van der Waals surface area contributed by atoms with Crippen LogP contribution in [0.2, 0.25) is 0 Å². The Morgan fingerprint density at radius 1 is 1.08 bits per heavy atom. The number of halogens is 1. The van der Waals surface area contributed by atoms with Crippen LogP contribution in [0.25, 0.3) is 11.0 Å². The van der Waals surface area contributed by atoms with Crippen LogP contribution in [0.5, 0.6) is 0 Å². The van der Waals surface area contributed by atoms with E-state index in [-0.39, 0.29) is 41.8 Å². The van der Waals surface area contributed by atoms with E-state index in [1.54, 1.807) is 23.8 Å². The van der Waals surface area contributed by atoms with Crippen LogP contribution >= 0.6 is 0 Å². The Hall–Kier alpha value is -2.75. The third kappa shape index (κ3) is 4.76. The Balaban J connectivity index is 1.51. The number of methoxy groups -OCH3 is 1. The van der Waals surface area contributed by atoms with Gasteiger partial charge in [-0.15, -0.1) is 0 Å². The molecule has 5 rings (SSSR count). The van der Waals surface area contributed by atoms with Gasteiger partial charge in [-0.2, -0.15) is 5.10 Å². The SMILES string of the molecule is COC(C)c1cc(F)ccc1C(C)N1C[C@H](C)N(c2c3c(ccc(=O)n3C)nn2C2CCCCO2)C[C@H]1C. The van der Waals surface area contributed by atoms with Crippen molar-refractivity contribution in [3.63, 3.8) is 0 Å². The summed E-state index contributed by atoms with van der Waals surface area (Å²) >= 11 is 0. The first-order chi connectivity index (χ1) is 18.2. The molecule has 0 bridgehead atoms. The maximum absolute atomic E-state index is 14.2. The van der Waals surface area contributed by atoms with Crippen molar-refractivity contribution >= 4 is 16.9 Å². The monoisotopic (exact) mass is 525 g/mol. The van der Waals surface area contributed by atoms with E-state index < -0.39 is 0 Å². The van der Waals surface area contributed by atoms with Gasteiger partial charge in [0, 0.05) is 58.0 Å². The van der Waals surface area contributed by atoms with Crippen molar-refractivity contribution in [2.75, 3.05) is 31.7 Å². The second kappa shape index (κ2) is 10.8. The first-order valence-corrected chi connectivity index (χ1v) is 13.8. The second-order valence-corrected chi connectivity index (χ2v) is 10.9. The number of hydrogen-bond acceptors (Lipinski definition) is 6. The van der Waals surface area contributed by atoms with E-state index in [1.807, 2.05) is 30.8 Å². The summed E-state index contributed by atoms with van der Waals surface area (Å²) in [5.74, 6) is 0.705. The summed E-state index contributed by atoms with van der Waals surface area (Å²) < 4.78 is 29.6. The topological polar surface area (TPSA) is 64.8 Å². The Morgan fingerprint density at radius 3 is 2.58 bits per heavy atom. The lowest BCUT2D eigenvalue weighted by Crippen LogP contribution is -2.57. The van der Waals surface area contributed by atoms with Gasteiger partial charge in [0.1, 0.15) is 16.9 Å². The summed E-state index contributed by atoms with van der Waals surface area (Å²) in [6.07, 6.45) is 2.71. The first kappa shape index (κ1) is 26.8. The van der Waals surface area contributed by atoms with Crippen LogP contribution in [0.15, 0.2) is 35.1 Å². The number of pyridine rings is 1. The van der Waals surface area contributed by atoms with E-state index in [1.165, 1.54) is 6.07 Å². The average molecular weight is 526 g/mol. The lowest BCUT2D eigenvalue weighted by atomic mass is 9.94. The fourth-order valence-corrected chi connectivity index (χ4v) is 6.20. The number of aromatic nitrogens is 3. The van der Waals surface area contributed by atoms with Gasteiger partial charge in [0.2, 0.25) is 0 Å². The fraction of sp³-hybridized carbons (Fsp3) is 0.586. The van der Waals surface area contributed by atoms with Crippen LogP contribution in [0.3, 0.4) is 0 Å². The van der Waals surface area contributed by atoms with Crippen LogP contribution in [0.1, 0.15) is 76.5 Å². The molecule has 0 aliphatic carbocycles. The van der Waals surface area contributed by atoms with Crippen molar-refractivity contribution < 1.29 is 13.9 Å². The third-order valence-corrected chi connectivity index (χ3v) is 8.46. The molecule has 3 unspecified atom stereocenters. The molecule has 2 aromatic heterocycles. The highest BCUT2D eigenvalue weighted by Crippen LogP contribution is 2.38. The van der Waals surface area contributed by atoms with Crippen molar-refractivity contribution in [2.24, 2.45) is 7.05 Å². The van der Waals surface area contributed by atoms with E-state index >= 15 is 0 Å². The molecule has 4 heterocycles. The number of piperazine rings is 1. The van der Waals surface area contributed by atoms with E-state index in [0.717, 1.165) is 66.9 Å². The van der Waals surface area contributed by atoms with E-state index in [2.05, 4.69) is 30.6 Å². The average Bonchev–Trinajstić information content (AvgIpc) is 3.31. The Morgan fingerprint density at radius 2 is 1.87 bits per heavy atom. The molecule has 0 radical (unpaired) electrons. The van der Waals surface area contributed by atoms with Gasteiger partial charge in [0.05, 0.1) is 6.10 Å². The van der Waals surface area contributed by atoms with E-state index in [4.69, 9.17) is 14.6 Å². The lowest BCUT2D eigenvalue weighted by molar-refractivity contribution is -0.0386. The fourth-order valence-electron chi connectivity index (χ4n) is 6.20. The maximum Gasteiger partial charge on any atom is 0.250 e. The van der Waals surface area contributed by atoms with Gasteiger partial charge in [0.15, 0.2) is 12.0 Å². The number of anilines is 1. The molecule has 2 aliphatic rings. The Kier molecular flexibility index (Phi) is 7.62. The van der Waals surface area contributed by atoms with Crippen LogP contribution in [0, 0.1) is 5.82 Å². The molecule has 38 heavy (non-hydrogen) atoms. The summed E-state index contributed by atoms with van der Waals surface area (Å²) in [5, 5.41) is 4.95. The maximum atomic E-state index is 14.2. The summed E-state index contributed by atoms with van der Waals surface area (Å²) in [6.45, 7) is 10.9. The van der Waals surface area contributed by atoms with Gasteiger partial charge in [0.25, 0.3) is 5.56 Å². The molecular formula is C29H40FN5O3. The minimum absolute atomic E-state index is 0.0491. The molecule has 2 aliphatic heterocycles. The molecule has 5 atom stereocenters. The van der Waals surface area contributed by atoms with Crippen molar-refractivity contribution in [1.82, 2.24) is 19.2 Å². The molecular weight excluding hydrogens is 485 g/mol. The van der Waals surface area contributed by atoms with Gasteiger partial charge in [-0.1, -0.05) is 6.07 Å². The zero-order valence-electron chi connectivity index (χ0n) is 23.4. The first-order valence-electron chi connectivity index (χ1n) is 13.8. The highest BCUT2D eigenvalue weighted by atomic mass is 19.1. The number of rotatable bonds is 6. The molecule has 0 N–H and O–H groups in total. The normalized spacial score (nSPS) is 24.6. The zero-order chi connectivity index (χ0) is 27.1. The largest absolute Gasteiger partial charge is 0.377 e. The third-order valence-electron chi connectivity index (χ3n) is 8.46. The standard InChI is InChI=1S/C29H40FN5O3/c1-18-17-34(19(2)16-33(18)20(3)23-11-10-22(30)15-24(23)21(4)37-6)29-28-25(12-13-26(36)32(28)5)31-35(29)27-9-7-8-14-38-27/h10-13,15,18-21,27H,7-9,14,16-17H2,1-6H3/t18-,19+,20?,21?,27?/m1/s1. The summed E-state index contributed by atoms with van der Waals surface area (Å²) in [5.41, 5.74) is 3.57. The smallest absolute Gasteiger partial charge is 0.250 e. The molecule has 8 nitrogen and oxygen atoms in total. The summed E-state index contributed by atoms with van der Waals surface area (Å²) in [7, 11) is 3.48. The number of hydrogen-bond donors (Lipinski definition) is 0. The molecule has 9 heteroatoms. The molecule has 3 aromatic rings. The van der Waals surface area contributed by atoms with E-state index in [9.17, 15) is 9.18 Å². The number of fused-ring (bicyclic) bond motifs is 1. The highest BCUT2D eigenvalue weighted by molar-refractivity contribution is 5.87.